The maximum atomic E-state index is 13.3. The highest BCUT2D eigenvalue weighted by Gasteiger charge is 2.33. The second-order valence-electron chi connectivity index (χ2n) is 7.24. The Labute approximate surface area is 169 Å². The van der Waals surface area contributed by atoms with Crippen LogP contribution in [-0.2, 0) is 21.4 Å². The van der Waals surface area contributed by atoms with E-state index in [1.165, 1.54) is 0 Å². The predicted octanol–water partition coefficient (Wildman–Crippen LogP) is 1.70. The molecule has 7 nitrogen and oxygen atoms in total. The number of benzene rings is 1. The Morgan fingerprint density at radius 1 is 1.21 bits per heavy atom. The first kappa shape index (κ1) is 21.4. The van der Waals surface area contributed by atoms with Gasteiger partial charge in [-0.05, 0) is 30.0 Å². The predicted molar refractivity (Wildman–Crippen MR) is 107 cm³/mol. The molecule has 0 unspecified atom stereocenters. The number of carbonyl (C=O) groups excluding carboxylic acids is 1. The third-order valence-electron chi connectivity index (χ3n) is 4.75. The number of hydrogen-bond donors (Lipinski definition) is 3. The molecule has 0 radical (unpaired) electrons. The summed E-state index contributed by atoms with van der Waals surface area (Å²) in [5.41, 5.74) is 2.76. The van der Waals surface area contributed by atoms with Crippen LogP contribution in [0.1, 0.15) is 30.2 Å². The van der Waals surface area contributed by atoms with Gasteiger partial charge in [0.15, 0.2) is 0 Å². The monoisotopic (exact) mass is 421 g/mol. The second kappa shape index (κ2) is 8.98. The van der Waals surface area contributed by atoms with Crippen LogP contribution < -0.4 is 10.0 Å². The molecule has 0 saturated heterocycles. The van der Waals surface area contributed by atoms with Crippen LogP contribution in [0, 0.1) is 5.92 Å². The summed E-state index contributed by atoms with van der Waals surface area (Å²) in [6.45, 7) is -0.740. The van der Waals surface area contributed by atoms with E-state index in [-0.39, 0.29) is 18.4 Å². The average Bonchev–Trinajstić information content (AvgIpc) is 3.55. The molecule has 2 atom stereocenters. The summed E-state index contributed by atoms with van der Waals surface area (Å²) in [6, 6.07) is 9.50. The SMILES string of the molecule is CS(=O)(=O)NCc1ccc(-c2ccc([C@@H](O)[C@@H](CF)NC(=O)C3CC3)cc2)cn1. The number of hydrogen-bond acceptors (Lipinski definition) is 5. The van der Waals surface area contributed by atoms with Crippen molar-refractivity contribution in [2.45, 2.75) is 31.5 Å². The lowest BCUT2D eigenvalue weighted by molar-refractivity contribution is -0.124. The highest BCUT2D eigenvalue weighted by molar-refractivity contribution is 7.88. The van der Waals surface area contributed by atoms with Crippen LogP contribution in [0.4, 0.5) is 4.39 Å². The van der Waals surface area contributed by atoms with Gasteiger partial charge in [0.1, 0.15) is 12.8 Å². The maximum absolute atomic E-state index is 13.3. The van der Waals surface area contributed by atoms with Crippen molar-refractivity contribution in [2.75, 3.05) is 12.9 Å². The summed E-state index contributed by atoms with van der Waals surface area (Å²) in [5.74, 6) is -0.262. The second-order valence-corrected chi connectivity index (χ2v) is 9.08. The number of halogens is 1. The van der Waals surface area contributed by atoms with Crippen molar-refractivity contribution in [3.05, 3.63) is 53.9 Å². The Morgan fingerprint density at radius 3 is 2.38 bits per heavy atom. The summed E-state index contributed by atoms with van der Waals surface area (Å²) in [7, 11) is -3.28. The molecule has 1 heterocycles. The molecule has 0 aliphatic heterocycles. The van der Waals surface area contributed by atoms with Gasteiger partial charge >= 0.3 is 0 Å². The van der Waals surface area contributed by atoms with Crippen molar-refractivity contribution in [2.24, 2.45) is 5.92 Å². The van der Waals surface area contributed by atoms with E-state index < -0.39 is 28.8 Å². The Hall–Kier alpha value is -2.36. The summed E-state index contributed by atoms with van der Waals surface area (Å²) in [6.07, 6.45) is 3.20. The molecule has 156 valence electrons. The number of nitrogens with zero attached hydrogens (tertiary/aromatic N) is 1. The number of sulfonamides is 1. The van der Waals surface area contributed by atoms with Gasteiger partial charge in [0.05, 0.1) is 24.5 Å². The molecule has 1 saturated carbocycles. The molecule has 1 fully saturated rings. The highest BCUT2D eigenvalue weighted by Crippen LogP contribution is 2.30. The zero-order chi connectivity index (χ0) is 21.0. The standard InChI is InChI=1S/C20H24FN3O4S/c1-29(27,28)23-12-17-9-8-16(11-22-17)13-2-4-14(5-3-13)19(25)18(10-21)24-20(26)15-6-7-15/h2-5,8-9,11,15,18-19,23,25H,6-7,10,12H2,1H3,(H,24,26)/t18-,19-/m1/s1. The third kappa shape index (κ3) is 6.06. The maximum Gasteiger partial charge on any atom is 0.223 e. The molecule has 2 aromatic rings. The quantitative estimate of drug-likeness (QED) is 0.571. The largest absolute Gasteiger partial charge is 0.386 e. The summed E-state index contributed by atoms with van der Waals surface area (Å²) in [5, 5.41) is 13.0. The van der Waals surface area contributed by atoms with E-state index in [9.17, 15) is 22.7 Å². The summed E-state index contributed by atoms with van der Waals surface area (Å²) in [4.78, 5) is 16.1. The Kier molecular flexibility index (Phi) is 6.61. The molecule has 1 aromatic carbocycles. The first-order valence-electron chi connectivity index (χ1n) is 9.31. The molecular formula is C20H24FN3O4S. The summed E-state index contributed by atoms with van der Waals surface area (Å²) < 4.78 is 38.0. The van der Waals surface area contributed by atoms with Gasteiger partial charge in [0, 0.05) is 17.7 Å². The fourth-order valence-electron chi connectivity index (χ4n) is 2.86. The van der Waals surface area contributed by atoms with Crippen molar-refractivity contribution >= 4 is 15.9 Å². The number of aromatic nitrogens is 1. The van der Waals surface area contributed by atoms with Crippen molar-refractivity contribution < 1.29 is 22.7 Å². The number of aliphatic hydroxyl groups is 1. The van der Waals surface area contributed by atoms with Crippen molar-refractivity contribution in [3.8, 4) is 11.1 Å². The van der Waals surface area contributed by atoms with Crippen LogP contribution in [0.2, 0.25) is 0 Å². The van der Waals surface area contributed by atoms with Crippen LogP contribution in [0.25, 0.3) is 11.1 Å². The first-order valence-corrected chi connectivity index (χ1v) is 11.2. The minimum absolute atomic E-state index is 0.0540. The number of carbonyl (C=O) groups is 1. The molecule has 1 aliphatic carbocycles. The topological polar surface area (TPSA) is 108 Å². The molecule has 0 bridgehead atoms. The lowest BCUT2D eigenvalue weighted by Gasteiger charge is -2.22. The van der Waals surface area contributed by atoms with Crippen molar-refractivity contribution in [3.63, 3.8) is 0 Å². The van der Waals surface area contributed by atoms with Crippen LogP contribution >= 0.6 is 0 Å². The van der Waals surface area contributed by atoms with Gasteiger partial charge in [-0.2, -0.15) is 0 Å². The molecule has 0 spiro atoms. The normalized spacial score (nSPS) is 16.2. The molecule has 29 heavy (non-hydrogen) atoms. The Balaban J connectivity index is 1.64. The molecule has 1 amide bonds. The number of alkyl halides is 1. The van der Waals surface area contributed by atoms with Crippen LogP contribution in [0.15, 0.2) is 42.6 Å². The molecular weight excluding hydrogens is 397 g/mol. The van der Waals surface area contributed by atoms with Crippen molar-refractivity contribution in [1.29, 1.82) is 0 Å². The lowest BCUT2D eigenvalue weighted by Crippen LogP contribution is -2.41. The van der Waals surface area contributed by atoms with Gasteiger partial charge in [0.25, 0.3) is 0 Å². The van der Waals surface area contributed by atoms with Crippen LogP contribution in [0.3, 0.4) is 0 Å². The summed E-state index contributed by atoms with van der Waals surface area (Å²) >= 11 is 0. The number of aliphatic hydroxyl groups excluding tert-OH is 1. The van der Waals surface area contributed by atoms with Gasteiger partial charge in [0.2, 0.25) is 15.9 Å². The third-order valence-corrected chi connectivity index (χ3v) is 5.42. The lowest BCUT2D eigenvalue weighted by atomic mass is 9.99. The van der Waals surface area contributed by atoms with E-state index in [0.717, 1.165) is 30.2 Å². The Morgan fingerprint density at radius 2 is 1.86 bits per heavy atom. The van der Waals surface area contributed by atoms with E-state index in [2.05, 4.69) is 15.0 Å². The van der Waals surface area contributed by atoms with E-state index in [4.69, 9.17) is 0 Å². The van der Waals surface area contributed by atoms with Crippen LogP contribution in [0.5, 0.6) is 0 Å². The molecule has 1 aromatic heterocycles. The van der Waals surface area contributed by atoms with Gasteiger partial charge in [-0.3, -0.25) is 9.78 Å². The zero-order valence-corrected chi connectivity index (χ0v) is 16.8. The van der Waals surface area contributed by atoms with E-state index in [1.54, 1.807) is 36.5 Å². The van der Waals surface area contributed by atoms with Gasteiger partial charge in [-0.1, -0.05) is 30.3 Å². The minimum Gasteiger partial charge on any atom is -0.386 e. The van der Waals surface area contributed by atoms with E-state index in [1.807, 2.05) is 6.07 Å². The molecule has 9 heteroatoms. The first-order chi connectivity index (χ1) is 13.8. The number of rotatable bonds is 9. The van der Waals surface area contributed by atoms with E-state index in [0.29, 0.717) is 11.3 Å². The number of amides is 1. The van der Waals surface area contributed by atoms with Gasteiger partial charge < -0.3 is 10.4 Å². The molecule has 3 rings (SSSR count). The minimum atomic E-state index is -3.28. The van der Waals surface area contributed by atoms with Gasteiger partial charge in [-0.15, -0.1) is 0 Å². The average molecular weight is 421 g/mol. The number of pyridine rings is 1. The number of nitrogens with one attached hydrogen (secondary N) is 2. The fourth-order valence-corrected chi connectivity index (χ4v) is 3.27. The van der Waals surface area contributed by atoms with E-state index >= 15 is 0 Å². The van der Waals surface area contributed by atoms with Crippen molar-refractivity contribution in [1.82, 2.24) is 15.0 Å². The van der Waals surface area contributed by atoms with Gasteiger partial charge in [-0.25, -0.2) is 17.5 Å². The Bertz CT molecular complexity index is 945. The fraction of sp³-hybridized carbons (Fsp3) is 0.400. The molecule has 3 N–H and O–H groups in total. The smallest absolute Gasteiger partial charge is 0.223 e. The van der Waals surface area contributed by atoms with Crippen LogP contribution in [-0.4, -0.2) is 43.4 Å². The zero-order valence-electron chi connectivity index (χ0n) is 16.0. The molecule has 1 aliphatic rings. The highest BCUT2D eigenvalue weighted by atomic mass is 32.2.